The molecule has 9 nitrogen and oxygen atoms in total. The van der Waals surface area contributed by atoms with E-state index in [9.17, 15) is 34.7 Å². The highest BCUT2D eigenvalue weighted by Gasteiger charge is 2.59. The van der Waals surface area contributed by atoms with Gasteiger partial charge in [-0.05, 0) is 5.56 Å². The summed E-state index contributed by atoms with van der Waals surface area (Å²) in [5.74, 6) is -5.43. The number of carbonyl (C=O) groups is 3. The van der Waals surface area contributed by atoms with Gasteiger partial charge < -0.3 is 15.5 Å². The molecule has 1 unspecified atom stereocenters. The third kappa shape index (κ3) is 2.18. The van der Waals surface area contributed by atoms with E-state index in [1.807, 2.05) is 5.32 Å². The average molecular weight is 294 g/mol. The van der Waals surface area contributed by atoms with Crippen molar-refractivity contribution in [1.29, 1.82) is 0 Å². The third-order valence-corrected chi connectivity index (χ3v) is 3.41. The molecule has 21 heavy (non-hydrogen) atoms. The van der Waals surface area contributed by atoms with Gasteiger partial charge in [0.2, 0.25) is 11.4 Å². The summed E-state index contributed by atoms with van der Waals surface area (Å²) in [6.45, 7) is 0. The second-order valence-electron chi connectivity index (χ2n) is 4.58. The number of nitro groups is 1. The van der Waals surface area contributed by atoms with Crippen molar-refractivity contribution >= 4 is 23.5 Å². The number of benzene rings is 1. The Morgan fingerprint density at radius 2 is 1.95 bits per heavy atom. The van der Waals surface area contributed by atoms with E-state index in [0.29, 0.717) is 0 Å². The number of hydrogen-bond donors (Lipinski definition) is 3. The Balaban J connectivity index is 2.57. The molecule has 2 rings (SSSR count). The van der Waals surface area contributed by atoms with Crippen molar-refractivity contribution in [3.8, 4) is 0 Å². The molecule has 1 aromatic rings. The molecule has 0 bridgehead atoms. The van der Waals surface area contributed by atoms with E-state index in [0.717, 1.165) is 6.07 Å². The zero-order valence-electron chi connectivity index (χ0n) is 10.5. The van der Waals surface area contributed by atoms with Crippen molar-refractivity contribution < 1.29 is 29.5 Å². The van der Waals surface area contributed by atoms with Crippen molar-refractivity contribution in [2.24, 2.45) is 0 Å². The Labute approximate surface area is 117 Å². The van der Waals surface area contributed by atoms with E-state index >= 15 is 0 Å². The van der Waals surface area contributed by atoms with Crippen LogP contribution in [0.15, 0.2) is 24.3 Å². The van der Waals surface area contributed by atoms with E-state index in [1.54, 1.807) is 0 Å². The first-order valence-corrected chi connectivity index (χ1v) is 5.81. The first-order valence-electron chi connectivity index (χ1n) is 5.81. The first-order chi connectivity index (χ1) is 9.79. The zero-order chi connectivity index (χ0) is 15.8. The molecule has 9 heteroatoms. The minimum absolute atomic E-state index is 0.104. The third-order valence-electron chi connectivity index (χ3n) is 3.41. The molecular weight excluding hydrogens is 284 g/mol. The van der Waals surface area contributed by atoms with Crippen molar-refractivity contribution in [3.05, 3.63) is 39.9 Å². The van der Waals surface area contributed by atoms with Crippen LogP contribution in [0.1, 0.15) is 17.9 Å². The van der Waals surface area contributed by atoms with E-state index in [4.69, 9.17) is 0 Å². The summed E-state index contributed by atoms with van der Waals surface area (Å²) in [6, 6.07) is 4.94. The number of non-ortho nitro benzene ring substituents is 1. The van der Waals surface area contributed by atoms with Gasteiger partial charge in [0, 0.05) is 24.5 Å². The van der Waals surface area contributed by atoms with Crippen molar-refractivity contribution in [2.45, 2.75) is 17.9 Å². The van der Waals surface area contributed by atoms with Crippen molar-refractivity contribution in [2.75, 3.05) is 0 Å². The molecular formula is C12H10N2O7. The van der Waals surface area contributed by atoms with Crippen LogP contribution in [0.4, 0.5) is 5.69 Å². The number of carboxylic acids is 2. The van der Waals surface area contributed by atoms with Crippen molar-refractivity contribution in [3.63, 3.8) is 0 Å². The fourth-order valence-corrected chi connectivity index (χ4v) is 2.42. The smallest absolute Gasteiger partial charge is 0.341 e. The lowest BCUT2D eigenvalue weighted by molar-refractivity contribution is -0.384. The number of rotatable bonds is 4. The van der Waals surface area contributed by atoms with Gasteiger partial charge in [-0.2, -0.15) is 0 Å². The van der Waals surface area contributed by atoms with Crippen LogP contribution in [-0.4, -0.2) is 38.5 Å². The molecule has 1 saturated heterocycles. The first kappa shape index (κ1) is 14.4. The van der Waals surface area contributed by atoms with Crippen LogP contribution < -0.4 is 5.32 Å². The molecule has 0 saturated carbocycles. The normalized spacial score (nSPS) is 19.8. The standard InChI is InChI=1S/C12H10N2O7/c15-9-5-8(12(13-9,10(16)17)11(18)19)6-2-1-3-7(4-6)14(20)21/h1-4,8H,5H2,(H,13,15)(H,16,17)(H,18,19). The van der Waals surface area contributed by atoms with Crippen LogP contribution in [-0.2, 0) is 14.4 Å². The van der Waals surface area contributed by atoms with E-state index < -0.39 is 34.2 Å². The number of hydrogen-bond acceptors (Lipinski definition) is 5. The van der Waals surface area contributed by atoms with Gasteiger partial charge in [0.1, 0.15) is 0 Å². The van der Waals surface area contributed by atoms with Gasteiger partial charge in [-0.1, -0.05) is 12.1 Å². The number of carboxylic acid groups (broad SMARTS) is 2. The highest BCUT2D eigenvalue weighted by molar-refractivity contribution is 6.10. The van der Waals surface area contributed by atoms with Gasteiger partial charge in [0.25, 0.3) is 5.69 Å². The van der Waals surface area contributed by atoms with Crippen LogP contribution in [0, 0.1) is 10.1 Å². The number of carbonyl (C=O) groups excluding carboxylic acids is 1. The van der Waals surface area contributed by atoms with Crippen LogP contribution >= 0.6 is 0 Å². The summed E-state index contributed by atoms with van der Waals surface area (Å²) in [5.41, 5.74) is -2.73. The largest absolute Gasteiger partial charge is 0.479 e. The number of nitrogens with zero attached hydrogens (tertiary/aromatic N) is 1. The Kier molecular flexibility index (Phi) is 3.34. The molecule has 1 fully saturated rings. The lowest BCUT2D eigenvalue weighted by atomic mass is 9.80. The predicted octanol–water partition coefficient (Wildman–Crippen LogP) is 0.106. The summed E-state index contributed by atoms with van der Waals surface area (Å²) in [5, 5.41) is 31.2. The molecule has 1 aromatic carbocycles. The molecule has 1 atom stereocenters. The fraction of sp³-hybridized carbons (Fsp3) is 0.250. The van der Waals surface area contributed by atoms with E-state index in [1.165, 1.54) is 18.2 Å². The Hall–Kier alpha value is -2.97. The van der Waals surface area contributed by atoms with Gasteiger partial charge in [-0.25, -0.2) is 9.59 Å². The summed E-state index contributed by atoms with van der Waals surface area (Å²) in [6.07, 6.45) is -0.375. The average Bonchev–Trinajstić information content (AvgIpc) is 2.78. The van der Waals surface area contributed by atoms with Crippen LogP contribution in [0.5, 0.6) is 0 Å². The topological polar surface area (TPSA) is 147 Å². The molecule has 3 N–H and O–H groups in total. The van der Waals surface area contributed by atoms with E-state index in [-0.39, 0.29) is 17.7 Å². The second kappa shape index (κ2) is 4.85. The number of nitrogens with one attached hydrogen (secondary N) is 1. The van der Waals surface area contributed by atoms with Gasteiger partial charge in [0.15, 0.2) is 0 Å². The molecule has 0 spiro atoms. The van der Waals surface area contributed by atoms with Crippen molar-refractivity contribution in [1.82, 2.24) is 5.32 Å². The molecule has 0 aromatic heterocycles. The van der Waals surface area contributed by atoms with Crippen LogP contribution in [0.3, 0.4) is 0 Å². The molecule has 1 aliphatic rings. The Bertz CT molecular complexity index is 641. The Morgan fingerprint density at radius 1 is 1.33 bits per heavy atom. The molecule has 1 heterocycles. The maximum Gasteiger partial charge on any atom is 0.341 e. The maximum atomic E-state index is 11.5. The molecule has 0 aliphatic carbocycles. The van der Waals surface area contributed by atoms with Gasteiger partial charge >= 0.3 is 11.9 Å². The SMILES string of the molecule is O=C1CC(c2cccc([N+](=O)[O-])c2)C(C(=O)O)(C(=O)O)N1. The van der Waals surface area contributed by atoms with Gasteiger partial charge in [-0.3, -0.25) is 14.9 Å². The van der Waals surface area contributed by atoms with Crippen LogP contribution in [0.25, 0.3) is 0 Å². The molecule has 1 aliphatic heterocycles. The minimum Gasteiger partial charge on any atom is -0.479 e. The lowest BCUT2D eigenvalue weighted by Gasteiger charge is -2.26. The second-order valence-corrected chi connectivity index (χ2v) is 4.58. The zero-order valence-corrected chi connectivity index (χ0v) is 10.5. The molecule has 1 amide bonds. The highest BCUT2D eigenvalue weighted by atomic mass is 16.6. The minimum atomic E-state index is -2.52. The van der Waals surface area contributed by atoms with Gasteiger partial charge in [-0.15, -0.1) is 0 Å². The molecule has 0 radical (unpaired) electrons. The predicted molar refractivity (Wildman–Crippen MR) is 66.6 cm³/mol. The summed E-state index contributed by atoms with van der Waals surface area (Å²) in [7, 11) is 0. The summed E-state index contributed by atoms with van der Waals surface area (Å²) < 4.78 is 0. The van der Waals surface area contributed by atoms with Crippen LogP contribution in [0.2, 0.25) is 0 Å². The maximum absolute atomic E-state index is 11.5. The highest BCUT2D eigenvalue weighted by Crippen LogP contribution is 2.38. The van der Waals surface area contributed by atoms with E-state index in [2.05, 4.69) is 0 Å². The monoisotopic (exact) mass is 294 g/mol. The molecule has 110 valence electrons. The summed E-state index contributed by atoms with van der Waals surface area (Å²) >= 11 is 0. The lowest BCUT2D eigenvalue weighted by Crippen LogP contribution is -2.58. The quantitative estimate of drug-likeness (QED) is 0.405. The fourth-order valence-electron chi connectivity index (χ4n) is 2.42. The van der Waals surface area contributed by atoms with Gasteiger partial charge in [0.05, 0.1) is 4.92 Å². The number of amides is 1. The number of aliphatic carboxylic acids is 2. The number of nitro benzene ring substituents is 1. The Morgan fingerprint density at radius 3 is 2.48 bits per heavy atom. The summed E-state index contributed by atoms with van der Waals surface area (Å²) in [4.78, 5) is 44.3.